The molecule has 0 fully saturated rings. The van der Waals surface area contributed by atoms with Gasteiger partial charge in [-0.1, -0.05) is 23.9 Å². The molecule has 2 heterocycles. The summed E-state index contributed by atoms with van der Waals surface area (Å²) in [6.07, 6.45) is 0.914. The number of halogens is 2. The Morgan fingerprint density at radius 3 is 2.93 bits per heavy atom. The highest BCUT2D eigenvalue weighted by Gasteiger charge is 2.21. The highest BCUT2D eigenvalue weighted by molar-refractivity contribution is 7.99. The molecule has 3 aromatic rings. The van der Waals surface area contributed by atoms with Gasteiger partial charge in [-0.15, -0.1) is 0 Å². The van der Waals surface area contributed by atoms with Crippen LogP contribution < -0.4 is 10.9 Å². The zero-order chi connectivity index (χ0) is 20.4. The number of aliphatic imine (C=N–C) groups is 1. The number of aromatic amines is 1. The molecule has 0 spiro atoms. The van der Waals surface area contributed by atoms with Crippen molar-refractivity contribution in [1.82, 2.24) is 15.3 Å². The van der Waals surface area contributed by atoms with Crippen LogP contribution in [0.4, 0.5) is 14.5 Å². The van der Waals surface area contributed by atoms with Crippen LogP contribution >= 0.6 is 11.8 Å². The smallest absolute Gasteiger partial charge is 0.259 e. The van der Waals surface area contributed by atoms with Crippen molar-refractivity contribution in [2.45, 2.75) is 24.4 Å². The number of amidine groups is 1. The molecule has 1 amide bonds. The number of rotatable bonds is 5. The summed E-state index contributed by atoms with van der Waals surface area (Å²) in [4.78, 5) is 35.3. The van der Waals surface area contributed by atoms with E-state index in [0.717, 1.165) is 12.1 Å². The van der Waals surface area contributed by atoms with E-state index >= 15 is 0 Å². The number of carbonyl (C=O) groups excluding carboxylic acids is 1. The second kappa shape index (κ2) is 8.12. The first kappa shape index (κ1) is 19.3. The normalized spacial score (nSPS) is 12.7. The number of benzene rings is 2. The molecule has 0 atom stereocenters. The fraction of sp³-hybridized carbons (Fsp3) is 0.200. The number of amides is 1. The highest BCUT2D eigenvalue weighted by atomic mass is 32.2. The first-order valence-electron chi connectivity index (χ1n) is 8.97. The second-order valence-corrected chi connectivity index (χ2v) is 7.59. The Balaban J connectivity index is 1.27. The van der Waals surface area contributed by atoms with Gasteiger partial charge in [0.2, 0.25) is 5.91 Å². The molecule has 0 unspecified atom stereocenters. The Morgan fingerprint density at radius 2 is 2.07 bits per heavy atom. The molecule has 0 aliphatic carbocycles. The first-order valence-corrected chi connectivity index (χ1v) is 9.95. The third-order valence-electron chi connectivity index (χ3n) is 4.40. The topological polar surface area (TPSA) is 87.2 Å². The molecule has 1 aromatic heterocycles. The van der Waals surface area contributed by atoms with E-state index < -0.39 is 11.6 Å². The molecule has 29 heavy (non-hydrogen) atoms. The maximum atomic E-state index is 13.7. The molecule has 2 aromatic carbocycles. The van der Waals surface area contributed by atoms with E-state index in [1.54, 1.807) is 18.2 Å². The van der Waals surface area contributed by atoms with Crippen LogP contribution in [0.25, 0.3) is 10.9 Å². The lowest BCUT2D eigenvalue weighted by Crippen LogP contribution is -2.30. The molecule has 0 bridgehead atoms. The third-order valence-corrected chi connectivity index (χ3v) is 5.36. The number of para-hydroxylation sites is 1. The van der Waals surface area contributed by atoms with Crippen molar-refractivity contribution >= 4 is 40.1 Å². The van der Waals surface area contributed by atoms with Crippen LogP contribution in [0.5, 0.6) is 0 Å². The Labute approximate surface area is 168 Å². The van der Waals surface area contributed by atoms with E-state index in [1.807, 2.05) is 6.07 Å². The van der Waals surface area contributed by atoms with E-state index in [2.05, 4.69) is 20.3 Å². The number of H-pyrrole nitrogens is 1. The van der Waals surface area contributed by atoms with Crippen molar-refractivity contribution in [3.8, 4) is 0 Å². The van der Waals surface area contributed by atoms with Crippen LogP contribution in [0.3, 0.4) is 0 Å². The molecular weight excluding hydrogens is 398 g/mol. The number of thioether (sulfide) groups is 1. The first-order chi connectivity index (χ1) is 14.0. The molecule has 2 N–H and O–H groups in total. The van der Waals surface area contributed by atoms with Gasteiger partial charge in [-0.3, -0.25) is 9.59 Å². The molecule has 0 radical (unpaired) electrons. The summed E-state index contributed by atoms with van der Waals surface area (Å²) in [7, 11) is 0. The Morgan fingerprint density at radius 1 is 1.24 bits per heavy atom. The predicted molar refractivity (Wildman–Crippen MR) is 108 cm³/mol. The van der Waals surface area contributed by atoms with Crippen molar-refractivity contribution < 1.29 is 13.6 Å². The standard InChI is InChI=1S/C20H16F2N4O2S/c21-11-8-14(22)13-10-17(23-16(13)9-11)25-18(27)6-3-7-29-20-24-15-5-2-1-4-12(15)19(28)26-20/h1-2,4-5,8-9H,3,6-7,10H2,(H,23,25,27)(H,24,26,28). The number of carbonyl (C=O) groups is 1. The minimum Gasteiger partial charge on any atom is -0.314 e. The molecule has 0 saturated carbocycles. The van der Waals surface area contributed by atoms with Gasteiger partial charge in [0.05, 0.1) is 16.6 Å². The molecule has 148 valence electrons. The number of hydrogen-bond donors (Lipinski definition) is 2. The summed E-state index contributed by atoms with van der Waals surface area (Å²) in [5, 5.41) is 3.68. The zero-order valence-corrected chi connectivity index (χ0v) is 16.0. The fourth-order valence-corrected chi connectivity index (χ4v) is 3.86. The molecule has 4 rings (SSSR count). The van der Waals surface area contributed by atoms with Gasteiger partial charge < -0.3 is 10.3 Å². The van der Waals surface area contributed by atoms with Crippen molar-refractivity contribution in [3.05, 3.63) is 63.9 Å². The highest BCUT2D eigenvalue weighted by Crippen LogP contribution is 2.29. The minimum atomic E-state index is -0.699. The lowest BCUT2D eigenvalue weighted by Gasteiger charge is -2.05. The fourth-order valence-electron chi connectivity index (χ4n) is 3.05. The molecule has 0 saturated heterocycles. The molecular formula is C20H16F2N4O2S. The number of nitrogens with one attached hydrogen (secondary N) is 2. The maximum Gasteiger partial charge on any atom is 0.259 e. The summed E-state index contributed by atoms with van der Waals surface area (Å²) in [6.45, 7) is 0. The van der Waals surface area contributed by atoms with E-state index in [9.17, 15) is 18.4 Å². The monoisotopic (exact) mass is 414 g/mol. The number of nitrogens with zero attached hydrogens (tertiary/aromatic N) is 2. The van der Waals surface area contributed by atoms with Crippen LogP contribution in [0.15, 0.2) is 51.3 Å². The average Bonchev–Trinajstić information content (AvgIpc) is 3.08. The van der Waals surface area contributed by atoms with E-state index in [0.29, 0.717) is 34.1 Å². The van der Waals surface area contributed by atoms with Gasteiger partial charge in [0.25, 0.3) is 5.56 Å². The molecule has 1 aliphatic rings. The minimum absolute atomic E-state index is 0.129. The van der Waals surface area contributed by atoms with Crippen molar-refractivity contribution in [2.75, 3.05) is 5.75 Å². The molecule has 9 heteroatoms. The third kappa shape index (κ3) is 4.34. The van der Waals surface area contributed by atoms with Crippen molar-refractivity contribution in [3.63, 3.8) is 0 Å². The van der Waals surface area contributed by atoms with Gasteiger partial charge in [-0.25, -0.2) is 18.8 Å². The molecule has 1 aliphatic heterocycles. The van der Waals surface area contributed by atoms with Gasteiger partial charge in [0.15, 0.2) is 5.16 Å². The van der Waals surface area contributed by atoms with Crippen molar-refractivity contribution in [2.24, 2.45) is 4.99 Å². The Hall–Kier alpha value is -3.07. The van der Waals surface area contributed by atoms with Crippen LogP contribution in [-0.4, -0.2) is 27.5 Å². The lowest BCUT2D eigenvalue weighted by molar-refractivity contribution is -0.119. The van der Waals surface area contributed by atoms with Gasteiger partial charge in [0.1, 0.15) is 17.5 Å². The Bertz CT molecular complexity index is 1190. The molecule has 6 nitrogen and oxygen atoms in total. The summed E-state index contributed by atoms with van der Waals surface area (Å²) in [6, 6.07) is 9.04. The lowest BCUT2D eigenvalue weighted by atomic mass is 10.1. The van der Waals surface area contributed by atoms with Crippen LogP contribution in [0.2, 0.25) is 0 Å². The predicted octanol–water partition coefficient (Wildman–Crippen LogP) is 3.48. The summed E-state index contributed by atoms with van der Waals surface area (Å²) >= 11 is 1.36. The van der Waals surface area contributed by atoms with E-state index in [4.69, 9.17) is 0 Å². The quantitative estimate of drug-likeness (QED) is 0.380. The SMILES string of the molecule is O=C(CCCSc1nc2ccccc2c(=O)[nH]1)NC1=Nc2cc(F)cc(F)c2C1. The zero-order valence-electron chi connectivity index (χ0n) is 15.2. The average molecular weight is 414 g/mol. The second-order valence-electron chi connectivity index (χ2n) is 6.51. The van der Waals surface area contributed by atoms with Crippen LogP contribution in [0.1, 0.15) is 18.4 Å². The number of aromatic nitrogens is 2. The summed E-state index contributed by atoms with van der Waals surface area (Å²) in [5.41, 5.74) is 0.917. The Kier molecular flexibility index (Phi) is 5.39. The van der Waals surface area contributed by atoms with Crippen LogP contribution in [-0.2, 0) is 11.2 Å². The van der Waals surface area contributed by atoms with Gasteiger partial charge >= 0.3 is 0 Å². The van der Waals surface area contributed by atoms with E-state index in [1.165, 1.54) is 11.8 Å². The number of fused-ring (bicyclic) bond motifs is 2. The number of hydrogen-bond acceptors (Lipinski definition) is 5. The largest absolute Gasteiger partial charge is 0.314 e. The van der Waals surface area contributed by atoms with Crippen molar-refractivity contribution in [1.29, 1.82) is 0 Å². The maximum absolute atomic E-state index is 13.7. The van der Waals surface area contributed by atoms with Gasteiger partial charge in [-0.2, -0.15) is 0 Å². The van der Waals surface area contributed by atoms with Gasteiger partial charge in [0, 0.05) is 36.3 Å². The van der Waals surface area contributed by atoms with Gasteiger partial charge in [-0.05, 0) is 18.6 Å². The summed E-state index contributed by atoms with van der Waals surface area (Å²) in [5.74, 6) is -0.724. The summed E-state index contributed by atoms with van der Waals surface area (Å²) < 4.78 is 27.0. The van der Waals surface area contributed by atoms with E-state index in [-0.39, 0.29) is 35.6 Å². The van der Waals surface area contributed by atoms with Crippen LogP contribution in [0, 0.1) is 11.6 Å².